The van der Waals surface area contributed by atoms with Crippen LogP contribution in [0.3, 0.4) is 0 Å². The summed E-state index contributed by atoms with van der Waals surface area (Å²) in [5, 5.41) is 8.65. The number of hydrogen-bond donors (Lipinski definition) is 1. The van der Waals surface area contributed by atoms with Gasteiger partial charge >= 0.3 is 6.09 Å². The summed E-state index contributed by atoms with van der Waals surface area (Å²) in [5.41, 5.74) is 3.11. The van der Waals surface area contributed by atoms with E-state index < -0.39 is 0 Å². The second kappa shape index (κ2) is 10.9. The zero-order valence-electron chi connectivity index (χ0n) is 19.5. The summed E-state index contributed by atoms with van der Waals surface area (Å²) in [6.07, 6.45) is 5.59. The summed E-state index contributed by atoms with van der Waals surface area (Å²) in [5.74, 6) is 2.14. The van der Waals surface area contributed by atoms with Gasteiger partial charge in [-0.1, -0.05) is 6.92 Å². The van der Waals surface area contributed by atoms with Crippen molar-refractivity contribution in [1.29, 1.82) is 0 Å². The Kier molecular flexibility index (Phi) is 7.99. The molecule has 0 unspecified atom stereocenters. The highest BCUT2D eigenvalue weighted by Crippen LogP contribution is 2.28. The molecule has 178 valence electrons. The van der Waals surface area contributed by atoms with E-state index in [1.165, 1.54) is 5.69 Å². The fourth-order valence-corrected chi connectivity index (χ4v) is 5.99. The van der Waals surface area contributed by atoms with Crippen molar-refractivity contribution in [2.75, 3.05) is 44.3 Å². The van der Waals surface area contributed by atoms with Crippen LogP contribution in [0.4, 0.5) is 4.79 Å². The number of aromatic nitrogens is 2. The molecule has 8 nitrogen and oxygen atoms in total. The fourth-order valence-electron chi connectivity index (χ4n) is 5.09. The zero-order valence-corrected chi connectivity index (χ0v) is 20.3. The second-order valence-electron chi connectivity index (χ2n) is 8.97. The summed E-state index contributed by atoms with van der Waals surface area (Å²) < 4.78 is 7.23. The van der Waals surface area contributed by atoms with Gasteiger partial charge in [-0.15, -0.1) is 0 Å². The van der Waals surface area contributed by atoms with E-state index in [-0.39, 0.29) is 12.0 Å². The zero-order chi connectivity index (χ0) is 22.5. The SMILES string of the molecule is CCCn1nc(C(=O)N2CCSCC2)c2c1CC[C@@H](NC1CCN(C(=O)OCC)CC1)C2. The number of aryl methyl sites for hydroxylation is 1. The Labute approximate surface area is 195 Å². The maximum absolute atomic E-state index is 13.3. The topological polar surface area (TPSA) is 79.7 Å². The minimum absolute atomic E-state index is 0.111. The summed E-state index contributed by atoms with van der Waals surface area (Å²) in [7, 11) is 0. The van der Waals surface area contributed by atoms with Gasteiger partial charge in [0.05, 0.1) is 6.61 Å². The molecule has 4 rings (SSSR count). The lowest BCUT2D eigenvalue weighted by atomic mass is 9.89. The number of thioether (sulfide) groups is 1. The second-order valence-corrected chi connectivity index (χ2v) is 10.2. The summed E-state index contributed by atoms with van der Waals surface area (Å²) in [6.45, 7) is 8.40. The molecule has 1 aromatic rings. The van der Waals surface area contributed by atoms with Crippen LogP contribution in [0.5, 0.6) is 0 Å². The van der Waals surface area contributed by atoms with E-state index >= 15 is 0 Å². The molecular formula is C23H37N5O3S. The molecule has 2 aliphatic heterocycles. The van der Waals surface area contributed by atoms with Gasteiger partial charge in [-0.05, 0) is 45.4 Å². The molecule has 1 atom stereocenters. The average molecular weight is 464 g/mol. The molecule has 1 aromatic heterocycles. The Morgan fingerprint density at radius 2 is 1.81 bits per heavy atom. The molecule has 2 fully saturated rings. The van der Waals surface area contributed by atoms with Gasteiger partial charge in [0.1, 0.15) is 0 Å². The number of nitrogens with zero attached hydrogens (tertiary/aromatic N) is 4. The van der Waals surface area contributed by atoms with Gasteiger partial charge in [0.15, 0.2) is 5.69 Å². The van der Waals surface area contributed by atoms with Gasteiger partial charge in [-0.2, -0.15) is 16.9 Å². The maximum Gasteiger partial charge on any atom is 0.409 e. The van der Waals surface area contributed by atoms with Crippen molar-refractivity contribution in [3.63, 3.8) is 0 Å². The first-order chi connectivity index (χ1) is 15.6. The van der Waals surface area contributed by atoms with E-state index in [1.807, 2.05) is 28.5 Å². The first-order valence-electron chi connectivity index (χ1n) is 12.2. The molecule has 0 saturated carbocycles. The molecule has 1 aliphatic carbocycles. The van der Waals surface area contributed by atoms with Crippen molar-refractivity contribution in [2.45, 2.75) is 71.0 Å². The van der Waals surface area contributed by atoms with E-state index in [1.54, 1.807) is 0 Å². The Morgan fingerprint density at radius 1 is 1.06 bits per heavy atom. The standard InChI is InChI=1S/C23H37N5O3S/c1-3-9-28-20-6-5-18(24-17-7-10-27(11-8-17)23(30)31-4-2)16-19(20)21(25-28)22(29)26-12-14-32-15-13-26/h17-18,24H,3-16H2,1-2H3/t18-/m1/s1. The van der Waals surface area contributed by atoms with Crippen molar-refractivity contribution >= 4 is 23.8 Å². The normalized spacial score (nSPS) is 22.0. The highest BCUT2D eigenvalue weighted by atomic mass is 32.2. The Balaban J connectivity index is 1.41. The molecule has 0 aromatic carbocycles. The number of likely N-dealkylation sites (tertiary alicyclic amines) is 1. The number of carbonyl (C=O) groups is 2. The average Bonchev–Trinajstić information content (AvgIpc) is 3.18. The molecule has 2 saturated heterocycles. The number of nitrogens with one attached hydrogen (secondary N) is 1. The molecule has 3 heterocycles. The number of hydrogen-bond acceptors (Lipinski definition) is 6. The van der Waals surface area contributed by atoms with Crippen molar-refractivity contribution in [2.24, 2.45) is 0 Å². The van der Waals surface area contributed by atoms with Gasteiger partial charge in [0, 0.05) is 67.6 Å². The van der Waals surface area contributed by atoms with Crippen LogP contribution in [-0.2, 0) is 24.1 Å². The van der Waals surface area contributed by atoms with Crippen LogP contribution in [0.25, 0.3) is 0 Å². The molecule has 9 heteroatoms. The molecule has 0 radical (unpaired) electrons. The number of carbonyl (C=O) groups excluding carboxylic acids is 2. The van der Waals surface area contributed by atoms with Crippen molar-refractivity contribution < 1.29 is 14.3 Å². The third kappa shape index (κ3) is 5.25. The molecule has 0 spiro atoms. The molecular weight excluding hydrogens is 426 g/mol. The lowest BCUT2D eigenvalue weighted by Crippen LogP contribution is -2.49. The highest BCUT2D eigenvalue weighted by molar-refractivity contribution is 7.99. The van der Waals surface area contributed by atoms with Crippen molar-refractivity contribution in [1.82, 2.24) is 24.9 Å². The fraction of sp³-hybridized carbons (Fsp3) is 0.783. The monoisotopic (exact) mass is 463 g/mol. The van der Waals surface area contributed by atoms with Crippen LogP contribution in [0.1, 0.15) is 61.3 Å². The van der Waals surface area contributed by atoms with Gasteiger partial charge in [-0.25, -0.2) is 4.79 Å². The predicted octanol–water partition coefficient (Wildman–Crippen LogP) is 2.55. The number of rotatable bonds is 6. The van der Waals surface area contributed by atoms with E-state index in [0.717, 1.165) is 88.3 Å². The third-order valence-electron chi connectivity index (χ3n) is 6.78. The Morgan fingerprint density at radius 3 is 2.50 bits per heavy atom. The van der Waals surface area contributed by atoms with Crippen LogP contribution in [0.2, 0.25) is 0 Å². The van der Waals surface area contributed by atoms with E-state index in [0.29, 0.717) is 24.4 Å². The van der Waals surface area contributed by atoms with Crippen LogP contribution < -0.4 is 5.32 Å². The largest absolute Gasteiger partial charge is 0.450 e. The molecule has 0 bridgehead atoms. The van der Waals surface area contributed by atoms with Crippen molar-refractivity contribution in [3.05, 3.63) is 17.0 Å². The predicted molar refractivity (Wildman–Crippen MR) is 126 cm³/mol. The number of fused-ring (bicyclic) bond motifs is 1. The lowest BCUT2D eigenvalue weighted by molar-refractivity contribution is 0.0764. The number of amides is 2. The smallest absolute Gasteiger partial charge is 0.409 e. The number of ether oxygens (including phenoxy) is 1. The van der Waals surface area contributed by atoms with Crippen LogP contribution in [-0.4, -0.2) is 88.0 Å². The van der Waals surface area contributed by atoms with E-state index in [2.05, 4.69) is 16.9 Å². The van der Waals surface area contributed by atoms with Gasteiger partial charge in [0.2, 0.25) is 0 Å². The first-order valence-corrected chi connectivity index (χ1v) is 13.4. The molecule has 1 N–H and O–H groups in total. The molecule has 3 aliphatic rings. The first kappa shape index (κ1) is 23.4. The van der Waals surface area contributed by atoms with Crippen molar-refractivity contribution in [3.8, 4) is 0 Å². The lowest BCUT2D eigenvalue weighted by Gasteiger charge is -2.35. The Bertz CT molecular complexity index is 800. The maximum atomic E-state index is 13.3. The van der Waals surface area contributed by atoms with Gasteiger partial charge in [0.25, 0.3) is 5.91 Å². The quantitative estimate of drug-likeness (QED) is 0.699. The minimum Gasteiger partial charge on any atom is -0.450 e. The molecule has 2 amide bonds. The minimum atomic E-state index is -0.198. The van der Waals surface area contributed by atoms with E-state index in [4.69, 9.17) is 9.84 Å². The summed E-state index contributed by atoms with van der Waals surface area (Å²) in [4.78, 5) is 29.1. The van der Waals surface area contributed by atoms with Crippen LogP contribution in [0, 0.1) is 0 Å². The molecule has 32 heavy (non-hydrogen) atoms. The van der Waals surface area contributed by atoms with Crippen LogP contribution >= 0.6 is 11.8 Å². The van der Waals surface area contributed by atoms with Gasteiger partial charge in [-0.3, -0.25) is 9.48 Å². The highest BCUT2D eigenvalue weighted by Gasteiger charge is 2.33. The summed E-state index contributed by atoms with van der Waals surface area (Å²) in [6, 6.07) is 0.751. The third-order valence-corrected chi connectivity index (χ3v) is 7.72. The van der Waals surface area contributed by atoms with E-state index in [9.17, 15) is 9.59 Å². The summed E-state index contributed by atoms with van der Waals surface area (Å²) >= 11 is 1.92. The number of piperidine rings is 1. The van der Waals surface area contributed by atoms with Gasteiger partial charge < -0.3 is 19.9 Å². The Hall–Kier alpha value is -1.74. The van der Waals surface area contributed by atoms with Crippen LogP contribution in [0.15, 0.2) is 0 Å².